The molecule has 1 heterocycles. The Hall–Kier alpha value is -3.48. The third-order valence-electron chi connectivity index (χ3n) is 4.12. The first-order valence-electron chi connectivity index (χ1n) is 8.45. The van der Waals surface area contributed by atoms with E-state index in [4.69, 9.17) is 4.52 Å². The molecule has 2 amide bonds. The normalized spacial score (nSPS) is 10.5. The number of benzene rings is 2. The van der Waals surface area contributed by atoms with E-state index in [0.29, 0.717) is 29.4 Å². The molecule has 27 heavy (non-hydrogen) atoms. The zero-order chi connectivity index (χ0) is 19.4. The Bertz CT molecular complexity index is 946. The summed E-state index contributed by atoms with van der Waals surface area (Å²) in [5.74, 6) is 0.754. The number of aryl methyl sites for hydroxylation is 1. The molecule has 0 radical (unpaired) electrons. The summed E-state index contributed by atoms with van der Waals surface area (Å²) in [6, 6.07) is 14.2. The first kappa shape index (κ1) is 18.3. The molecule has 3 aromatic rings. The second-order valence-electron chi connectivity index (χ2n) is 6.16. The third-order valence-corrected chi connectivity index (χ3v) is 4.12. The van der Waals surface area contributed by atoms with Gasteiger partial charge in [-0.3, -0.25) is 9.59 Å². The van der Waals surface area contributed by atoms with E-state index in [9.17, 15) is 9.59 Å². The van der Waals surface area contributed by atoms with Gasteiger partial charge in [0.05, 0.1) is 0 Å². The molecule has 0 aliphatic carbocycles. The van der Waals surface area contributed by atoms with Crippen LogP contribution in [0.2, 0.25) is 0 Å². The zero-order valence-corrected chi connectivity index (χ0v) is 15.4. The van der Waals surface area contributed by atoms with E-state index < -0.39 is 0 Å². The van der Waals surface area contributed by atoms with Crippen molar-refractivity contribution in [3.63, 3.8) is 0 Å². The molecule has 7 heteroatoms. The van der Waals surface area contributed by atoms with Gasteiger partial charge < -0.3 is 14.7 Å². The maximum absolute atomic E-state index is 12.6. The number of nitrogens with zero attached hydrogens (tertiary/aromatic N) is 3. The Morgan fingerprint density at radius 2 is 1.67 bits per heavy atom. The van der Waals surface area contributed by atoms with Gasteiger partial charge in [0.25, 0.3) is 17.7 Å². The molecule has 0 unspecified atom stereocenters. The molecule has 7 nitrogen and oxygen atoms in total. The maximum atomic E-state index is 12.6. The largest absolute Gasteiger partial charge is 0.355 e. The molecule has 1 aromatic heterocycles. The summed E-state index contributed by atoms with van der Waals surface area (Å²) >= 11 is 0. The van der Waals surface area contributed by atoms with Gasteiger partial charge in [0.2, 0.25) is 0 Å². The molecule has 0 atom stereocenters. The predicted octanol–water partition coefficient (Wildman–Crippen LogP) is 2.68. The summed E-state index contributed by atoms with van der Waals surface area (Å²) in [5, 5.41) is 6.34. The molecule has 0 saturated carbocycles. The number of aromatic nitrogens is 2. The van der Waals surface area contributed by atoms with Crippen LogP contribution in [0.5, 0.6) is 0 Å². The van der Waals surface area contributed by atoms with Crippen molar-refractivity contribution in [1.29, 1.82) is 0 Å². The SMILES string of the molecule is CNC(=O)c1ccc(CN(C)C(=O)c2ccc(-c3nc(C)no3)cc2)cc1. The van der Waals surface area contributed by atoms with Crippen LogP contribution in [0, 0.1) is 6.92 Å². The van der Waals surface area contributed by atoms with Gasteiger partial charge in [-0.2, -0.15) is 4.98 Å². The second-order valence-corrected chi connectivity index (χ2v) is 6.16. The van der Waals surface area contributed by atoms with Crippen LogP contribution in [0.4, 0.5) is 0 Å². The van der Waals surface area contributed by atoms with Crippen molar-refractivity contribution >= 4 is 11.8 Å². The van der Waals surface area contributed by atoms with Gasteiger partial charge in [-0.1, -0.05) is 17.3 Å². The van der Waals surface area contributed by atoms with E-state index in [2.05, 4.69) is 15.5 Å². The average molecular weight is 364 g/mol. The van der Waals surface area contributed by atoms with Gasteiger partial charge in [0, 0.05) is 37.3 Å². The van der Waals surface area contributed by atoms with Crippen molar-refractivity contribution in [2.24, 2.45) is 0 Å². The number of hydrogen-bond donors (Lipinski definition) is 1. The van der Waals surface area contributed by atoms with Crippen LogP contribution in [0.1, 0.15) is 32.1 Å². The first-order valence-corrected chi connectivity index (χ1v) is 8.45. The summed E-state index contributed by atoms with van der Waals surface area (Å²) in [5.41, 5.74) is 2.86. The van der Waals surface area contributed by atoms with E-state index in [-0.39, 0.29) is 11.8 Å². The molecule has 0 saturated heterocycles. The van der Waals surface area contributed by atoms with E-state index in [1.165, 1.54) is 0 Å². The van der Waals surface area contributed by atoms with Crippen LogP contribution in [-0.2, 0) is 6.54 Å². The Morgan fingerprint density at radius 3 is 2.22 bits per heavy atom. The molecule has 1 N–H and O–H groups in total. The van der Waals surface area contributed by atoms with Crippen molar-refractivity contribution in [3.8, 4) is 11.5 Å². The molecular weight excluding hydrogens is 344 g/mol. The first-order chi connectivity index (χ1) is 13.0. The smallest absolute Gasteiger partial charge is 0.257 e. The Balaban J connectivity index is 1.67. The number of hydrogen-bond acceptors (Lipinski definition) is 5. The molecule has 138 valence electrons. The van der Waals surface area contributed by atoms with E-state index in [1.54, 1.807) is 62.3 Å². The summed E-state index contributed by atoms with van der Waals surface area (Å²) in [4.78, 5) is 30.0. The molecule has 2 aromatic carbocycles. The molecule has 3 rings (SSSR count). The Kier molecular flexibility index (Phi) is 5.30. The zero-order valence-electron chi connectivity index (χ0n) is 15.4. The van der Waals surface area contributed by atoms with E-state index >= 15 is 0 Å². The Morgan fingerprint density at radius 1 is 1.04 bits per heavy atom. The lowest BCUT2D eigenvalue weighted by Gasteiger charge is -2.17. The molecule has 0 spiro atoms. The minimum atomic E-state index is -0.137. The van der Waals surface area contributed by atoms with Gasteiger partial charge in [0.1, 0.15) is 0 Å². The minimum absolute atomic E-state index is 0.0985. The molecule has 0 aliphatic rings. The fourth-order valence-corrected chi connectivity index (χ4v) is 2.64. The second kappa shape index (κ2) is 7.82. The highest BCUT2D eigenvalue weighted by Crippen LogP contribution is 2.18. The van der Waals surface area contributed by atoms with Gasteiger partial charge >= 0.3 is 0 Å². The molecular formula is C20H20N4O3. The summed E-state index contributed by atoms with van der Waals surface area (Å²) < 4.78 is 5.13. The monoisotopic (exact) mass is 364 g/mol. The predicted molar refractivity (Wildman–Crippen MR) is 100 cm³/mol. The van der Waals surface area contributed by atoms with Crippen LogP contribution in [0.25, 0.3) is 11.5 Å². The third kappa shape index (κ3) is 4.20. The molecule has 0 aliphatic heterocycles. The Labute approximate surface area is 157 Å². The fraction of sp³-hybridized carbons (Fsp3) is 0.200. The van der Waals surface area contributed by atoms with Crippen molar-refractivity contribution in [3.05, 3.63) is 71.0 Å². The van der Waals surface area contributed by atoms with Gasteiger partial charge in [-0.15, -0.1) is 0 Å². The average Bonchev–Trinajstić information content (AvgIpc) is 3.13. The highest BCUT2D eigenvalue weighted by molar-refractivity contribution is 5.95. The van der Waals surface area contributed by atoms with Gasteiger partial charge in [-0.25, -0.2) is 0 Å². The summed E-state index contributed by atoms with van der Waals surface area (Å²) in [7, 11) is 3.33. The standard InChI is InChI=1S/C20H20N4O3/c1-13-22-19(27-23-13)16-8-10-17(11-9-16)20(26)24(3)12-14-4-6-15(7-5-14)18(25)21-2/h4-11H,12H2,1-3H3,(H,21,25). The van der Waals surface area contributed by atoms with Gasteiger partial charge in [0.15, 0.2) is 5.82 Å². The lowest BCUT2D eigenvalue weighted by molar-refractivity contribution is 0.0784. The molecule has 0 fully saturated rings. The highest BCUT2D eigenvalue weighted by atomic mass is 16.5. The van der Waals surface area contributed by atoms with E-state index in [1.807, 2.05) is 12.1 Å². The van der Waals surface area contributed by atoms with Crippen LogP contribution in [-0.4, -0.2) is 41.0 Å². The number of rotatable bonds is 5. The lowest BCUT2D eigenvalue weighted by Crippen LogP contribution is -2.26. The van der Waals surface area contributed by atoms with Gasteiger partial charge in [-0.05, 0) is 48.9 Å². The van der Waals surface area contributed by atoms with Crippen molar-refractivity contribution in [2.45, 2.75) is 13.5 Å². The number of carbonyl (C=O) groups excluding carboxylic acids is 2. The van der Waals surface area contributed by atoms with Crippen molar-refractivity contribution in [2.75, 3.05) is 14.1 Å². The van der Waals surface area contributed by atoms with Crippen LogP contribution in [0.3, 0.4) is 0 Å². The van der Waals surface area contributed by atoms with Crippen LogP contribution in [0.15, 0.2) is 53.1 Å². The fourth-order valence-electron chi connectivity index (χ4n) is 2.64. The van der Waals surface area contributed by atoms with Crippen LogP contribution >= 0.6 is 0 Å². The number of nitrogens with one attached hydrogen (secondary N) is 1. The lowest BCUT2D eigenvalue weighted by atomic mass is 10.1. The number of amides is 2. The van der Waals surface area contributed by atoms with Crippen molar-refractivity contribution in [1.82, 2.24) is 20.4 Å². The summed E-state index contributed by atoms with van der Waals surface area (Å²) in [6.07, 6.45) is 0. The maximum Gasteiger partial charge on any atom is 0.257 e. The number of carbonyl (C=O) groups is 2. The summed E-state index contributed by atoms with van der Waals surface area (Å²) in [6.45, 7) is 2.19. The quantitative estimate of drug-likeness (QED) is 0.752. The highest BCUT2D eigenvalue weighted by Gasteiger charge is 2.14. The van der Waals surface area contributed by atoms with Crippen LogP contribution < -0.4 is 5.32 Å². The van der Waals surface area contributed by atoms with Crippen molar-refractivity contribution < 1.29 is 14.1 Å². The topological polar surface area (TPSA) is 88.3 Å². The minimum Gasteiger partial charge on any atom is -0.355 e. The molecule has 0 bridgehead atoms. The van der Waals surface area contributed by atoms with E-state index in [0.717, 1.165) is 11.1 Å².